The van der Waals surface area contributed by atoms with E-state index in [1.165, 1.54) is 19.5 Å². The maximum Gasteiger partial charge on any atom is 0.340 e. The number of carbonyl (C=O) groups is 1. The van der Waals surface area contributed by atoms with E-state index in [1.807, 2.05) is 0 Å². The number of methoxy groups -OCH3 is 1. The molecular weight excluding hydrogens is 332 g/mol. The van der Waals surface area contributed by atoms with E-state index < -0.39 is 5.97 Å². The van der Waals surface area contributed by atoms with Gasteiger partial charge in [-0.1, -0.05) is 11.6 Å². The van der Waals surface area contributed by atoms with Crippen LogP contribution in [0.3, 0.4) is 0 Å². The Morgan fingerprint density at radius 3 is 2.71 bits per heavy atom. The van der Waals surface area contributed by atoms with Crippen molar-refractivity contribution >= 4 is 17.6 Å². The molecule has 0 atom stereocenters. The summed E-state index contributed by atoms with van der Waals surface area (Å²) in [5, 5.41) is 0.294. The van der Waals surface area contributed by atoms with Crippen molar-refractivity contribution in [1.29, 1.82) is 0 Å². The van der Waals surface area contributed by atoms with Gasteiger partial charge >= 0.3 is 5.97 Å². The second-order valence-corrected chi connectivity index (χ2v) is 5.70. The standard InChI is InChI=1S/C17H17ClN2O4/c1-3-23-17(21)13-8-20-16(24-10-4-5-10)7-11(13)12-6-15(18)19-9-14(12)22-2/h6-10H,3-5H2,1-2H3. The Morgan fingerprint density at radius 2 is 2.04 bits per heavy atom. The Hall–Kier alpha value is -2.34. The van der Waals surface area contributed by atoms with Crippen LogP contribution in [0.1, 0.15) is 30.1 Å². The summed E-state index contributed by atoms with van der Waals surface area (Å²) in [6.07, 6.45) is 5.19. The molecule has 7 heteroatoms. The molecule has 1 saturated carbocycles. The van der Waals surface area contributed by atoms with Crippen molar-refractivity contribution in [2.75, 3.05) is 13.7 Å². The average Bonchev–Trinajstić information content (AvgIpc) is 3.39. The summed E-state index contributed by atoms with van der Waals surface area (Å²) in [5.74, 6) is 0.483. The largest absolute Gasteiger partial charge is 0.494 e. The number of nitrogens with zero attached hydrogens (tertiary/aromatic N) is 2. The Morgan fingerprint density at radius 1 is 1.25 bits per heavy atom. The van der Waals surface area contributed by atoms with Crippen LogP contribution in [0, 0.1) is 0 Å². The number of hydrogen-bond acceptors (Lipinski definition) is 6. The lowest BCUT2D eigenvalue weighted by Gasteiger charge is -2.14. The average molecular weight is 349 g/mol. The van der Waals surface area contributed by atoms with Crippen LogP contribution in [-0.2, 0) is 4.74 Å². The second kappa shape index (κ2) is 7.05. The quantitative estimate of drug-likeness (QED) is 0.587. The molecule has 0 saturated heterocycles. The van der Waals surface area contributed by atoms with Gasteiger partial charge in [-0.05, 0) is 25.8 Å². The molecule has 6 nitrogen and oxygen atoms in total. The first-order valence-electron chi connectivity index (χ1n) is 7.66. The number of pyridine rings is 2. The van der Waals surface area contributed by atoms with Crippen LogP contribution in [0.4, 0.5) is 0 Å². The lowest BCUT2D eigenvalue weighted by molar-refractivity contribution is 0.0526. The highest BCUT2D eigenvalue weighted by atomic mass is 35.5. The third kappa shape index (κ3) is 3.59. The summed E-state index contributed by atoms with van der Waals surface area (Å²) in [5.41, 5.74) is 1.53. The van der Waals surface area contributed by atoms with Crippen molar-refractivity contribution in [1.82, 2.24) is 9.97 Å². The van der Waals surface area contributed by atoms with Gasteiger partial charge in [-0.2, -0.15) is 0 Å². The topological polar surface area (TPSA) is 70.5 Å². The first kappa shape index (κ1) is 16.5. The highest BCUT2D eigenvalue weighted by Crippen LogP contribution is 2.36. The van der Waals surface area contributed by atoms with Crippen molar-refractivity contribution in [3.05, 3.63) is 35.2 Å². The molecule has 2 aromatic heterocycles. The van der Waals surface area contributed by atoms with E-state index in [2.05, 4.69) is 9.97 Å². The fraction of sp³-hybridized carbons (Fsp3) is 0.353. The molecule has 0 spiro atoms. The van der Waals surface area contributed by atoms with Gasteiger partial charge in [0.15, 0.2) is 0 Å². The minimum absolute atomic E-state index is 0.196. The summed E-state index contributed by atoms with van der Waals surface area (Å²) in [6, 6.07) is 3.35. The van der Waals surface area contributed by atoms with Gasteiger partial charge in [-0.25, -0.2) is 14.8 Å². The zero-order chi connectivity index (χ0) is 17.1. The molecule has 1 aliphatic rings. The zero-order valence-corrected chi connectivity index (χ0v) is 14.2. The number of halogens is 1. The molecule has 1 fully saturated rings. The molecule has 0 aliphatic heterocycles. The molecule has 0 radical (unpaired) electrons. The highest BCUT2D eigenvalue weighted by Gasteiger charge is 2.26. The van der Waals surface area contributed by atoms with Crippen molar-refractivity contribution in [2.45, 2.75) is 25.9 Å². The monoisotopic (exact) mass is 348 g/mol. The number of carbonyl (C=O) groups excluding carboxylic acids is 1. The summed E-state index contributed by atoms with van der Waals surface area (Å²) >= 11 is 6.02. The summed E-state index contributed by atoms with van der Waals surface area (Å²) in [4.78, 5) is 20.5. The van der Waals surface area contributed by atoms with Crippen LogP contribution in [-0.4, -0.2) is 35.8 Å². The van der Waals surface area contributed by atoms with E-state index in [-0.39, 0.29) is 12.7 Å². The number of rotatable bonds is 6. The summed E-state index contributed by atoms with van der Waals surface area (Å²) < 4.78 is 16.2. The fourth-order valence-corrected chi connectivity index (χ4v) is 2.40. The van der Waals surface area contributed by atoms with Gasteiger partial charge in [0.2, 0.25) is 5.88 Å². The maximum absolute atomic E-state index is 12.3. The molecule has 2 heterocycles. The van der Waals surface area contributed by atoms with E-state index in [0.717, 1.165) is 12.8 Å². The number of esters is 1. The Labute approximate surface area is 144 Å². The minimum Gasteiger partial charge on any atom is -0.494 e. The van der Waals surface area contributed by atoms with Crippen LogP contribution in [0.5, 0.6) is 11.6 Å². The molecule has 0 amide bonds. The van der Waals surface area contributed by atoms with Gasteiger partial charge in [-0.3, -0.25) is 0 Å². The van der Waals surface area contributed by atoms with Crippen LogP contribution in [0.25, 0.3) is 11.1 Å². The van der Waals surface area contributed by atoms with Gasteiger partial charge in [0.1, 0.15) is 17.0 Å². The third-order valence-corrected chi connectivity index (χ3v) is 3.74. The van der Waals surface area contributed by atoms with Gasteiger partial charge in [0.05, 0.1) is 25.5 Å². The van der Waals surface area contributed by atoms with E-state index in [4.69, 9.17) is 25.8 Å². The number of ether oxygens (including phenoxy) is 3. The van der Waals surface area contributed by atoms with Crippen molar-refractivity contribution in [3.63, 3.8) is 0 Å². The van der Waals surface area contributed by atoms with E-state index >= 15 is 0 Å². The molecule has 0 bridgehead atoms. The molecule has 24 heavy (non-hydrogen) atoms. The van der Waals surface area contributed by atoms with Gasteiger partial charge in [0, 0.05) is 23.4 Å². The SMILES string of the molecule is CCOC(=O)c1cnc(OC2CC2)cc1-c1cc(Cl)ncc1OC. The Balaban J connectivity index is 2.10. The summed E-state index contributed by atoms with van der Waals surface area (Å²) in [7, 11) is 1.53. The maximum atomic E-state index is 12.3. The van der Waals surface area contributed by atoms with Crippen LogP contribution < -0.4 is 9.47 Å². The zero-order valence-electron chi connectivity index (χ0n) is 13.4. The molecule has 1 aliphatic carbocycles. The smallest absolute Gasteiger partial charge is 0.340 e. The van der Waals surface area contributed by atoms with E-state index in [0.29, 0.717) is 33.5 Å². The molecule has 0 N–H and O–H groups in total. The molecule has 0 aromatic carbocycles. The molecule has 0 unspecified atom stereocenters. The second-order valence-electron chi connectivity index (χ2n) is 5.31. The molecule has 3 rings (SSSR count). The first-order valence-corrected chi connectivity index (χ1v) is 8.04. The van der Waals surface area contributed by atoms with Gasteiger partial charge in [0.25, 0.3) is 0 Å². The van der Waals surface area contributed by atoms with Crippen LogP contribution >= 0.6 is 11.6 Å². The molecular formula is C17H17ClN2O4. The third-order valence-electron chi connectivity index (χ3n) is 3.53. The van der Waals surface area contributed by atoms with Crippen molar-refractivity contribution < 1.29 is 19.0 Å². The first-order chi connectivity index (χ1) is 11.6. The highest BCUT2D eigenvalue weighted by molar-refractivity contribution is 6.29. The minimum atomic E-state index is -0.465. The van der Waals surface area contributed by atoms with E-state index in [1.54, 1.807) is 19.1 Å². The number of aromatic nitrogens is 2. The van der Waals surface area contributed by atoms with Crippen LogP contribution in [0.2, 0.25) is 5.15 Å². The Kier molecular flexibility index (Phi) is 4.85. The lowest BCUT2D eigenvalue weighted by Crippen LogP contribution is -2.09. The normalized spacial score (nSPS) is 13.5. The number of hydrogen-bond donors (Lipinski definition) is 0. The van der Waals surface area contributed by atoms with Gasteiger partial charge < -0.3 is 14.2 Å². The van der Waals surface area contributed by atoms with Crippen LogP contribution in [0.15, 0.2) is 24.5 Å². The van der Waals surface area contributed by atoms with Crippen molar-refractivity contribution in [3.8, 4) is 22.8 Å². The predicted octanol–water partition coefficient (Wildman–Crippen LogP) is 3.52. The lowest BCUT2D eigenvalue weighted by atomic mass is 10.0. The predicted molar refractivity (Wildman–Crippen MR) is 88.6 cm³/mol. The molecule has 2 aromatic rings. The van der Waals surface area contributed by atoms with Crippen molar-refractivity contribution in [2.24, 2.45) is 0 Å². The van der Waals surface area contributed by atoms with E-state index in [9.17, 15) is 4.79 Å². The fourth-order valence-electron chi connectivity index (χ4n) is 2.24. The summed E-state index contributed by atoms with van der Waals surface area (Å²) in [6.45, 7) is 2.02. The van der Waals surface area contributed by atoms with Gasteiger partial charge in [-0.15, -0.1) is 0 Å². The Bertz CT molecular complexity index is 762. The molecule has 126 valence electrons.